The Morgan fingerprint density at radius 2 is 0.773 bits per heavy atom. The molecule has 4 heterocycles. The van der Waals surface area contributed by atoms with Crippen LogP contribution >= 0.6 is 0 Å². The molecule has 4 atom stereocenters. The van der Waals surface area contributed by atoms with E-state index >= 15 is 0 Å². The summed E-state index contributed by atoms with van der Waals surface area (Å²) in [5.74, 6) is -0.722. The van der Waals surface area contributed by atoms with Crippen LogP contribution in [0.5, 0.6) is 5.75 Å². The van der Waals surface area contributed by atoms with E-state index in [4.69, 9.17) is 16.6 Å². The largest absolute Gasteiger partial charge is 0.508 e. The van der Waals surface area contributed by atoms with Gasteiger partial charge in [0, 0.05) is 54.9 Å². The van der Waals surface area contributed by atoms with Gasteiger partial charge < -0.3 is 10.2 Å². The van der Waals surface area contributed by atoms with Crippen LogP contribution in [-0.2, 0) is 43.8 Å². The second-order valence-corrected chi connectivity index (χ2v) is 17.5. The highest BCUT2D eigenvalue weighted by Gasteiger charge is 2.39. The Kier molecular flexibility index (Phi) is 15.2. The van der Waals surface area contributed by atoms with Gasteiger partial charge in [-0.05, 0) is 95.9 Å². The zero-order valence-electron chi connectivity index (χ0n) is 37.8. The fourth-order valence-electron chi connectivity index (χ4n) is 7.39. The van der Waals surface area contributed by atoms with Gasteiger partial charge in [-0.3, -0.25) is 58.0 Å². The molecule has 8 rings (SSSR count). The molecule has 2 N–H and O–H groups in total. The third kappa shape index (κ3) is 11.1. The van der Waals surface area contributed by atoms with Crippen molar-refractivity contribution in [3.63, 3.8) is 0 Å². The van der Waals surface area contributed by atoms with Gasteiger partial charge in [0.05, 0.1) is 28.3 Å². The molecule has 0 aromatic heterocycles. The first-order chi connectivity index (χ1) is 31.0. The molecule has 342 valence electrons. The number of imide groups is 4. The van der Waals surface area contributed by atoms with E-state index < -0.39 is 5.97 Å². The Labute approximate surface area is 383 Å². The minimum atomic E-state index is -1.04. The fraction of sp³-hybridized carbons (Fsp3) is 0.314. The van der Waals surface area contributed by atoms with E-state index in [1.807, 2.05) is 24.3 Å². The van der Waals surface area contributed by atoms with Gasteiger partial charge in [0.1, 0.15) is 5.75 Å². The average Bonchev–Trinajstić information content (AvgIpc) is 3.89. The average molecular weight is 897 g/mol. The number of aromatic carboxylic acids is 1. The molecule has 0 saturated carbocycles. The zero-order valence-corrected chi connectivity index (χ0v) is 37.8. The Balaban J connectivity index is 0.000000165. The first-order valence-corrected chi connectivity index (χ1v) is 21.3. The molecule has 4 aliphatic heterocycles. The Bertz CT molecular complexity index is 2590. The Morgan fingerprint density at radius 1 is 0.500 bits per heavy atom. The van der Waals surface area contributed by atoms with Gasteiger partial charge >= 0.3 is 5.97 Å². The van der Waals surface area contributed by atoms with Crippen LogP contribution in [-0.4, -0.2) is 63.4 Å². The second kappa shape index (κ2) is 20.4. The molecule has 4 saturated heterocycles. The van der Waals surface area contributed by atoms with Crippen molar-refractivity contribution in [1.29, 1.82) is 0 Å². The van der Waals surface area contributed by atoms with Crippen molar-refractivity contribution in [2.45, 2.75) is 79.6 Å². The molecule has 66 heavy (non-hydrogen) atoms. The van der Waals surface area contributed by atoms with Gasteiger partial charge in [0.15, 0.2) is 0 Å². The lowest BCUT2D eigenvalue weighted by Gasteiger charge is -2.21. The smallest absolute Gasteiger partial charge is 0.335 e. The van der Waals surface area contributed by atoms with E-state index in [1.165, 1.54) is 56.7 Å². The summed E-state index contributed by atoms with van der Waals surface area (Å²) in [7, 11) is 0. The highest BCUT2D eigenvalue weighted by molar-refractivity contribution is 6.23. The summed E-state index contributed by atoms with van der Waals surface area (Å²) in [4.78, 5) is 109. The highest BCUT2D eigenvalue weighted by atomic mass is 16.4. The normalized spacial score (nSPS) is 20.4. The van der Waals surface area contributed by atoms with Gasteiger partial charge in [0.2, 0.25) is 47.3 Å². The maximum atomic E-state index is 11.9. The minimum Gasteiger partial charge on any atom is -0.508 e. The number of phenols is 1. The summed E-state index contributed by atoms with van der Waals surface area (Å²) in [6.07, 6.45) is 6.31. The Morgan fingerprint density at radius 3 is 1.02 bits per heavy atom. The lowest BCUT2D eigenvalue weighted by Crippen LogP contribution is -2.30. The number of rotatable bonds is 5. The van der Waals surface area contributed by atoms with Gasteiger partial charge in [-0.25, -0.2) is 4.79 Å². The number of carbonyl (C=O) groups is 9. The van der Waals surface area contributed by atoms with E-state index in [0.717, 1.165) is 10.5 Å². The van der Waals surface area contributed by atoms with Crippen molar-refractivity contribution in [2.75, 3.05) is 19.6 Å². The number of anilines is 4. The summed E-state index contributed by atoms with van der Waals surface area (Å²) < 4.78 is 0. The molecule has 4 fully saturated rings. The second-order valence-electron chi connectivity index (χ2n) is 17.5. The molecule has 8 amide bonds. The molecule has 4 unspecified atom stereocenters. The number of phenolic OH excluding ortho intramolecular Hbond substituents is 1. The predicted molar refractivity (Wildman–Crippen MR) is 246 cm³/mol. The van der Waals surface area contributed by atoms with Crippen molar-refractivity contribution < 1.29 is 53.4 Å². The van der Waals surface area contributed by atoms with Crippen LogP contribution in [0.2, 0.25) is 0 Å². The number of carboxylic acid groups (broad SMARTS) is 1. The molecular formula is C51H52N4O11. The topological polar surface area (TPSA) is 207 Å². The standard InChI is InChI=1S/C15H19NO2.C13H11NO2.C12H11NO4.C11H11NO3/c1-10-9-13(17)16(14(10)18)12-7-5-11(6-8-12)15(2,3)4;1-3-10-4-6-11(7-5-10)14-12(15)8-9(2)13(14)16;1-7-6-10(14)13(11(7)15)9-4-2-8(3-5-9)12(16)17;1-7-6-10(14)12(11(7)15)8-2-4-9(13)5-3-8/h5-8,10H,9H2,1-4H3;1,4-7,9H,8H2,2H3;2-5,7H,6H2,1H3,(H,16,17);2-5,7,13H,6H2,1H3. The van der Waals surface area contributed by atoms with E-state index in [-0.39, 0.29) is 107 Å². The molecule has 4 aromatic carbocycles. The van der Waals surface area contributed by atoms with Crippen LogP contribution in [0.1, 0.15) is 95.6 Å². The van der Waals surface area contributed by atoms with Gasteiger partial charge in [-0.2, -0.15) is 0 Å². The van der Waals surface area contributed by atoms with E-state index in [1.54, 1.807) is 64.1 Å². The number of hydrogen-bond donors (Lipinski definition) is 2. The fourth-order valence-corrected chi connectivity index (χ4v) is 7.39. The summed E-state index contributed by atoms with van der Waals surface area (Å²) in [6.45, 7) is 13.4. The molecule has 0 radical (unpaired) electrons. The van der Waals surface area contributed by atoms with Crippen molar-refractivity contribution in [1.82, 2.24) is 0 Å². The number of benzene rings is 4. The highest BCUT2D eigenvalue weighted by Crippen LogP contribution is 2.31. The molecule has 4 aliphatic rings. The van der Waals surface area contributed by atoms with Crippen LogP contribution in [0.4, 0.5) is 22.7 Å². The number of terminal acetylenes is 1. The molecular weight excluding hydrogens is 845 g/mol. The van der Waals surface area contributed by atoms with Gasteiger partial charge in [-0.1, -0.05) is 66.5 Å². The molecule has 0 aliphatic carbocycles. The summed E-state index contributed by atoms with van der Waals surface area (Å²) in [5.41, 5.74) is 4.35. The number of amides is 8. The number of aromatic hydroxyl groups is 1. The first-order valence-electron chi connectivity index (χ1n) is 21.3. The van der Waals surface area contributed by atoms with Gasteiger partial charge in [-0.15, -0.1) is 6.42 Å². The predicted octanol–water partition coefficient (Wildman–Crippen LogP) is 7.03. The summed E-state index contributed by atoms with van der Waals surface area (Å²) >= 11 is 0. The van der Waals surface area contributed by atoms with Crippen LogP contribution < -0.4 is 19.6 Å². The van der Waals surface area contributed by atoms with E-state index in [2.05, 4.69) is 26.7 Å². The number of carboxylic acids is 1. The summed E-state index contributed by atoms with van der Waals surface area (Å²) in [5, 5.41) is 17.8. The SMILES string of the molecule is C#Cc1ccc(N2C(=O)CC(C)C2=O)cc1.CC1CC(=O)N(c2ccc(C(=O)O)cc2)C1=O.CC1CC(=O)N(c2ccc(C(C)(C)C)cc2)C1=O.CC1CC(=O)N(c2ccc(O)cc2)C1=O. The summed E-state index contributed by atoms with van der Waals surface area (Å²) in [6, 6.07) is 26.2. The van der Waals surface area contributed by atoms with Crippen molar-refractivity contribution >= 4 is 76.0 Å². The van der Waals surface area contributed by atoms with Crippen molar-refractivity contribution in [3.8, 4) is 18.1 Å². The van der Waals surface area contributed by atoms with Gasteiger partial charge in [0.25, 0.3) is 0 Å². The van der Waals surface area contributed by atoms with Crippen LogP contribution in [0, 0.1) is 36.0 Å². The van der Waals surface area contributed by atoms with E-state index in [9.17, 15) is 43.2 Å². The molecule has 4 aromatic rings. The van der Waals surface area contributed by atoms with Crippen LogP contribution in [0.15, 0.2) is 97.1 Å². The molecule has 15 nitrogen and oxygen atoms in total. The van der Waals surface area contributed by atoms with E-state index in [0.29, 0.717) is 29.2 Å². The third-order valence-electron chi connectivity index (χ3n) is 11.3. The molecule has 0 spiro atoms. The minimum absolute atomic E-state index is 0.0743. The molecule has 0 bridgehead atoms. The lowest BCUT2D eigenvalue weighted by molar-refractivity contribution is -0.123. The Hall–Kier alpha value is -7.73. The zero-order chi connectivity index (χ0) is 48.8. The number of nitrogens with zero attached hydrogens (tertiary/aromatic N) is 4. The molecule has 15 heteroatoms. The van der Waals surface area contributed by atoms with Crippen molar-refractivity contribution in [3.05, 3.63) is 114 Å². The monoisotopic (exact) mass is 896 g/mol. The maximum Gasteiger partial charge on any atom is 0.335 e. The number of carbonyl (C=O) groups excluding carboxylic acids is 8. The quantitative estimate of drug-likeness (QED) is 0.154. The lowest BCUT2D eigenvalue weighted by atomic mass is 9.87. The maximum absolute atomic E-state index is 11.9. The van der Waals surface area contributed by atoms with Crippen LogP contribution in [0.3, 0.4) is 0 Å². The first kappa shape index (κ1) is 49.3. The number of hydrogen-bond acceptors (Lipinski definition) is 10. The van der Waals surface area contributed by atoms with Crippen molar-refractivity contribution in [2.24, 2.45) is 23.7 Å². The van der Waals surface area contributed by atoms with Crippen LogP contribution in [0.25, 0.3) is 0 Å². The third-order valence-corrected chi connectivity index (χ3v) is 11.3.